The molecule has 0 aromatic heterocycles. The molecule has 3 nitrogen and oxygen atoms in total. The Bertz CT molecular complexity index is 214. The molecule has 1 saturated heterocycles. The van der Waals surface area contributed by atoms with E-state index < -0.39 is 0 Å². The molecule has 1 aliphatic heterocycles. The Labute approximate surface area is 71.1 Å². The molecule has 60 valence electrons. The van der Waals surface area contributed by atoms with E-state index in [2.05, 4.69) is 11.9 Å². The lowest BCUT2D eigenvalue weighted by molar-refractivity contribution is -0.126. The van der Waals surface area contributed by atoms with Crippen LogP contribution < -0.4 is 5.32 Å². The van der Waals surface area contributed by atoms with Gasteiger partial charge in [0.15, 0.2) is 5.11 Å². The minimum absolute atomic E-state index is 0.0231. The Balaban J connectivity index is 2.66. The normalized spacial score (nSPS) is 23.7. The van der Waals surface area contributed by atoms with Crippen LogP contribution in [0.15, 0.2) is 12.7 Å². The topological polar surface area (TPSA) is 32.3 Å². The fraction of sp³-hybridized carbons (Fsp3) is 0.429. The van der Waals surface area contributed by atoms with E-state index in [4.69, 9.17) is 12.2 Å². The third kappa shape index (κ3) is 1.40. The first kappa shape index (κ1) is 8.20. The number of rotatable bonds is 2. The number of carbonyl (C=O) groups is 1. The van der Waals surface area contributed by atoms with Gasteiger partial charge in [-0.15, -0.1) is 6.58 Å². The molecule has 1 heterocycles. The molecule has 11 heavy (non-hydrogen) atoms. The Hall–Kier alpha value is -0.900. The summed E-state index contributed by atoms with van der Waals surface area (Å²) in [6.07, 6.45) is 2.33. The molecule has 1 unspecified atom stereocenters. The van der Waals surface area contributed by atoms with E-state index in [-0.39, 0.29) is 11.9 Å². The summed E-state index contributed by atoms with van der Waals surface area (Å²) in [6.45, 7) is 3.55. The Morgan fingerprint density at radius 1 is 1.91 bits per heavy atom. The molecule has 1 atom stereocenters. The van der Waals surface area contributed by atoms with Gasteiger partial charge in [-0.05, 0) is 18.6 Å². The van der Waals surface area contributed by atoms with E-state index in [0.717, 1.165) is 0 Å². The van der Waals surface area contributed by atoms with Crippen LogP contribution in [0.2, 0.25) is 0 Å². The second-order valence-corrected chi connectivity index (χ2v) is 2.81. The fourth-order valence-corrected chi connectivity index (χ4v) is 1.20. The Kier molecular flexibility index (Phi) is 2.24. The molecule has 1 N–H and O–H groups in total. The van der Waals surface area contributed by atoms with Crippen molar-refractivity contribution >= 4 is 23.2 Å². The first-order valence-corrected chi connectivity index (χ1v) is 3.76. The number of hydrogen-bond acceptors (Lipinski definition) is 2. The SMILES string of the molecule is C=CCC1NC(=S)N(C)C1=O. The second kappa shape index (κ2) is 3.00. The zero-order chi connectivity index (χ0) is 8.43. The Morgan fingerprint density at radius 3 is 2.91 bits per heavy atom. The molecule has 0 aromatic carbocycles. The van der Waals surface area contributed by atoms with Crippen molar-refractivity contribution in [3.8, 4) is 0 Å². The molecule has 1 fully saturated rings. The molecule has 0 spiro atoms. The van der Waals surface area contributed by atoms with Crippen molar-refractivity contribution in [1.82, 2.24) is 10.2 Å². The van der Waals surface area contributed by atoms with Crippen LogP contribution in [0.1, 0.15) is 6.42 Å². The Morgan fingerprint density at radius 2 is 2.55 bits per heavy atom. The summed E-state index contributed by atoms with van der Waals surface area (Å²) in [5.74, 6) is 0.0231. The number of hydrogen-bond donors (Lipinski definition) is 1. The van der Waals surface area contributed by atoms with Crippen LogP contribution >= 0.6 is 12.2 Å². The predicted molar refractivity (Wildman–Crippen MR) is 47.1 cm³/mol. The zero-order valence-corrected chi connectivity index (χ0v) is 7.15. The molecule has 4 heteroatoms. The van der Waals surface area contributed by atoms with Crippen molar-refractivity contribution in [2.24, 2.45) is 0 Å². The minimum atomic E-state index is -0.190. The number of amides is 1. The second-order valence-electron chi connectivity index (χ2n) is 2.42. The molecule has 0 saturated carbocycles. The maximum Gasteiger partial charge on any atom is 0.251 e. The molecule has 0 radical (unpaired) electrons. The molecule has 0 aromatic rings. The van der Waals surface area contributed by atoms with Crippen molar-refractivity contribution in [3.63, 3.8) is 0 Å². The number of thiocarbonyl (C=S) groups is 1. The molecule has 0 bridgehead atoms. The van der Waals surface area contributed by atoms with Crippen molar-refractivity contribution in [2.75, 3.05) is 7.05 Å². The molecule has 1 aliphatic rings. The van der Waals surface area contributed by atoms with Gasteiger partial charge in [-0.3, -0.25) is 9.69 Å². The summed E-state index contributed by atoms with van der Waals surface area (Å²) in [5, 5.41) is 3.39. The standard InChI is InChI=1S/C7H10N2OS/c1-3-4-5-6(10)9(2)7(11)8-5/h3,5H,1,4H2,2H3,(H,8,11). The summed E-state index contributed by atoms with van der Waals surface area (Å²) < 4.78 is 0. The lowest BCUT2D eigenvalue weighted by Crippen LogP contribution is -2.27. The van der Waals surface area contributed by atoms with Crippen molar-refractivity contribution < 1.29 is 4.79 Å². The van der Waals surface area contributed by atoms with Crippen molar-refractivity contribution in [1.29, 1.82) is 0 Å². The quantitative estimate of drug-likeness (QED) is 0.477. The summed E-state index contributed by atoms with van der Waals surface area (Å²) in [6, 6.07) is -0.190. The largest absolute Gasteiger partial charge is 0.350 e. The molecule has 1 rings (SSSR count). The molecular weight excluding hydrogens is 160 g/mol. The van der Waals surface area contributed by atoms with E-state index in [9.17, 15) is 4.79 Å². The van der Waals surface area contributed by atoms with Crippen LogP contribution in [0.3, 0.4) is 0 Å². The molecule has 0 aliphatic carbocycles. The van der Waals surface area contributed by atoms with Crippen LogP contribution in [-0.4, -0.2) is 29.0 Å². The van der Waals surface area contributed by atoms with Crippen LogP contribution in [0.25, 0.3) is 0 Å². The number of nitrogens with zero attached hydrogens (tertiary/aromatic N) is 1. The van der Waals surface area contributed by atoms with Gasteiger partial charge >= 0.3 is 0 Å². The van der Waals surface area contributed by atoms with Crippen LogP contribution in [-0.2, 0) is 4.79 Å². The highest BCUT2D eigenvalue weighted by Gasteiger charge is 2.31. The lowest BCUT2D eigenvalue weighted by Gasteiger charge is -2.04. The van der Waals surface area contributed by atoms with Gasteiger partial charge in [0.2, 0.25) is 0 Å². The van der Waals surface area contributed by atoms with Gasteiger partial charge < -0.3 is 5.32 Å². The van der Waals surface area contributed by atoms with E-state index in [1.165, 1.54) is 4.90 Å². The number of carbonyl (C=O) groups excluding carboxylic acids is 1. The third-order valence-corrected chi connectivity index (χ3v) is 2.03. The van der Waals surface area contributed by atoms with Crippen LogP contribution in [0, 0.1) is 0 Å². The monoisotopic (exact) mass is 170 g/mol. The van der Waals surface area contributed by atoms with Gasteiger partial charge in [0, 0.05) is 7.05 Å². The highest BCUT2D eigenvalue weighted by atomic mass is 32.1. The highest BCUT2D eigenvalue weighted by Crippen LogP contribution is 2.06. The van der Waals surface area contributed by atoms with Crippen molar-refractivity contribution in [2.45, 2.75) is 12.5 Å². The maximum atomic E-state index is 11.2. The van der Waals surface area contributed by atoms with Gasteiger partial charge in [0.1, 0.15) is 6.04 Å². The average molecular weight is 170 g/mol. The fourth-order valence-electron chi connectivity index (χ4n) is 0.968. The van der Waals surface area contributed by atoms with Gasteiger partial charge in [0.05, 0.1) is 0 Å². The molecule has 1 amide bonds. The van der Waals surface area contributed by atoms with Gasteiger partial charge in [0.25, 0.3) is 5.91 Å². The first-order chi connectivity index (χ1) is 5.16. The summed E-state index contributed by atoms with van der Waals surface area (Å²) in [5.41, 5.74) is 0. The first-order valence-electron chi connectivity index (χ1n) is 3.35. The predicted octanol–water partition coefficient (Wildman–Crippen LogP) is 0.278. The van der Waals surface area contributed by atoms with E-state index in [1.807, 2.05) is 0 Å². The zero-order valence-electron chi connectivity index (χ0n) is 6.33. The molecular formula is C7H10N2OS. The average Bonchev–Trinajstić information content (AvgIpc) is 2.19. The van der Waals surface area contributed by atoms with E-state index in [1.54, 1.807) is 13.1 Å². The number of likely N-dealkylation sites (N-methyl/N-ethyl adjacent to an activating group) is 1. The summed E-state index contributed by atoms with van der Waals surface area (Å²) in [7, 11) is 1.67. The van der Waals surface area contributed by atoms with E-state index >= 15 is 0 Å². The van der Waals surface area contributed by atoms with Gasteiger partial charge in [-0.25, -0.2) is 0 Å². The maximum absolute atomic E-state index is 11.2. The number of nitrogens with one attached hydrogen (secondary N) is 1. The van der Waals surface area contributed by atoms with E-state index in [0.29, 0.717) is 11.5 Å². The van der Waals surface area contributed by atoms with Gasteiger partial charge in [-0.2, -0.15) is 0 Å². The lowest BCUT2D eigenvalue weighted by atomic mass is 10.2. The van der Waals surface area contributed by atoms with Gasteiger partial charge in [-0.1, -0.05) is 6.08 Å². The van der Waals surface area contributed by atoms with Crippen LogP contribution in [0.5, 0.6) is 0 Å². The van der Waals surface area contributed by atoms with Crippen LogP contribution in [0.4, 0.5) is 0 Å². The highest BCUT2D eigenvalue weighted by molar-refractivity contribution is 7.80. The smallest absolute Gasteiger partial charge is 0.251 e. The summed E-state index contributed by atoms with van der Waals surface area (Å²) in [4.78, 5) is 12.7. The summed E-state index contributed by atoms with van der Waals surface area (Å²) >= 11 is 4.87. The van der Waals surface area contributed by atoms with Crippen molar-refractivity contribution in [3.05, 3.63) is 12.7 Å². The minimum Gasteiger partial charge on any atom is -0.350 e. The third-order valence-electron chi connectivity index (χ3n) is 1.63.